The van der Waals surface area contributed by atoms with Crippen LogP contribution in [0, 0.1) is 5.92 Å². The standard InChI is InChI=1S/C8H14N4/c1-6(2)8-9-10-11-12(8)5-7-3-4-7/h6-7H,3-5H2,1-2H3. The van der Waals surface area contributed by atoms with Gasteiger partial charge in [-0.3, -0.25) is 0 Å². The van der Waals surface area contributed by atoms with Crippen molar-refractivity contribution in [2.24, 2.45) is 5.92 Å². The van der Waals surface area contributed by atoms with Crippen molar-refractivity contribution in [2.75, 3.05) is 0 Å². The van der Waals surface area contributed by atoms with Crippen molar-refractivity contribution in [2.45, 2.75) is 39.2 Å². The third-order valence-electron chi connectivity index (χ3n) is 2.20. The Labute approximate surface area is 72.0 Å². The molecule has 4 heteroatoms. The Kier molecular flexibility index (Phi) is 1.83. The van der Waals surface area contributed by atoms with Crippen LogP contribution in [-0.4, -0.2) is 20.2 Å². The molecular weight excluding hydrogens is 152 g/mol. The van der Waals surface area contributed by atoms with E-state index in [0.717, 1.165) is 18.3 Å². The molecule has 1 aliphatic carbocycles. The van der Waals surface area contributed by atoms with Crippen LogP contribution in [0.4, 0.5) is 0 Å². The number of hydrogen-bond donors (Lipinski definition) is 0. The first kappa shape index (κ1) is 7.71. The molecule has 2 rings (SSSR count). The molecular formula is C8H14N4. The van der Waals surface area contributed by atoms with Crippen molar-refractivity contribution >= 4 is 0 Å². The van der Waals surface area contributed by atoms with E-state index in [1.807, 2.05) is 4.68 Å². The van der Waals surface area contributed by atoms with Crippen molar-refractivity contribution in [3.8, 4) is 0 Å². The summed E-state index contributed by atoms with van der Waals surface area (Å²) in [5, 5.41) is 11.7. The fraction of sp³-hybridized carbons (Fsp3) is 0.875. The zero-order valence-electron chi connectivity index (χ0n) is 7.56. The highest BCUT2D eigenvalue weighted by Crippen LogP contribution is 2.30. The molecule has 1 aliphatic rings. The van der Waals surface area contributed by atoms with E-state index in [9.17, 15) is 0 Å². The molecule has 0 bridgehead atoms. The van der Waals surface area contributed by atoms with Gasteiger partial charge in [0.15, 0.2) is 5.82 Å². The van der Waals surface area contributed by atoms with Gasteiger partial charge >= 0.3 is 0 Å². The summed E-state index contributed by atoms with van der Waals surface area (Å²) >= 11 is 0. The molecule has 0 unspecified atom stereocenters. The van der Waals surface area contributed by atoms with Crippen LogP contribution < -0.4 is 0 Å². The van der Waals surface area contributed by atoms with Gasteiger partial charge in [0.25, 0.3) is 0 Å². The van der Waals surface area contributed by atoms with Gasteiger partial charge in [0, 0.05) is 12.5 Å². The van der Waals surface area contributed by atoms with E-state index in [-0.39, 0.29) is 0 Å². The highest BCUT2D eigenvalue weighted by atomic mass is 15.5. The summed E-state index contributed by atoms with van der Waals surface area (Å²) in [4.78, 5) is 0. The van der Waals surface area contributed by atoms with Crippen molar-refractivity contribution in [3.05, 3.63) is 5.82 Å². The number of aromatic nitrogens is 4. The van der Waals surface area contributed by atoms with Crippen molar-refractivity contribution in [1.82, 2.24) is 20.2 Å². The smallest absolute Gasteiger partial charge is 0.153 e. The monoisotopic (exact) mass is 166 g/mol. The fourth-order valence-corrected chi connectivity index (χ4v) is 1.30. The van der Waals surface area contributed by atoms with E-state index in [4.69, 9.17) is 0 Å². The van der Waals surface area contributed by atoms with E-state index >= 15 is 0 Å². The minimum atomic E-state index is 0.429. The van der Waals surface area contributed by atoms with Gasteiger partial charge in [-0.15, -0.1) is 5.10 Å². The second kappa shape index (κ2) is 2.84. The van der Waals surface area contributed by atoms with Crippen LogP contribution in [0.25, 0.3) is 0 Å². The maximum absolute atomic E-state index is 4.00. The maximum atomic E-state index is 4.00. The Morgan fingerprint density at radius 2 is 2.25 bits per heavy atom. The largest absolute Gasteiger partial charge is 0.229 e. The summed E-state index contributed by atoms with van der Waals surface area (Å²) in [5.74, 6) is 2.28. The second-order valence-electron chi connectivity index (χ2n) is 3.82. The lowest BCUT2D eigenvalue weighted by atomic mass is 10.2. The topological polar surface area (TPSA) is 43.6 Å². The van der Waals surface area contributed by atoms with Crippen LogP contribution in [0.15, 0.2) is 0 Å². The van der Waals surface area contributed by atoms with Crippen LogP contribution in [0.1, 0.15) is 38.4 Å². The summed E-state index contributed by atoms with van der Waals surface area (Å²) in [6.07, 6.45) is 2.69. The first-order valence-corrected chi connectivity index (χ1v) is 4.53. The average Bonchev–Trinajstić information content (AvgIpc) is 2.66. The molecule has 0 spiro atoms. The molecule has 0 aromatic carbocycles. The minimum Gasteiger partial charge on any atom is -0.229 e. The van der Waals surface area contributed by atoms with Gasteiger partial charge in [0.1, 0.15) is 0 Å². The van der Waals surface area contributed by atoms with Gasteiger partial charge in [-0.2, -0.15) is 0 Å². The summed E-state index contributed by atoms with van der Waals surface area (Å²) in [6.45, 7) is 5.25. The normalized spacial score (nSPS) is 17.2. The summed E-state index contributed by atoms with van der Waals surface area (Å²) in [5.41, 5.74) is 0. The lowest BCUT2D eigenvalue weighted by molar-refractivity contribution is 0.512. The SMILES string of the molecule is CC(C)c1nnnn1CC1CC1. The molecule has 0 radical (unpaired) electrons. The van der Waals surface area contributed by atoms with Gasteiger partial charge in [0.05, 0.1) is 0 Å². The second-order valence-corrected chi connectivity index (χ2v) is 3.82. The van der Waals surface area contributed by atoms with E-state index in [2.05, 4.69) is 29.4 Å². The number of tetrazole rings is 1. The number of nitrogens with zero attached hydrogens (tertiary/aromatic N) is 4. The number of hydrogen-bond acceptors (Lipinski definition) is 3. The fourth-order valence-electron chi connectivity index (χ4n) is 1.30. The molecule has 66 valence electrons. The Hall–Kier alpha value is -0.930. The first-order chi connectivity index (χ1) is 5.77. The van der Waals surface area contributed by atoms with Gasteiger partial charge < -0.3 is 0 Å². The van der Waals surface area contributed by atoms with Gasteiger partial charge in [-0.1, -0.05) is 13.8 Å². The van der Waals surface area contributed by atoms with Gasteiger partial charge in [-0.05, 0) is 29.2 Å². The van der Waals surface area contributed by atoms with Crippen LogP contribution in [0.2, 0.25) is 0 Å². The molecule has 0 saturated heterocycles. The summed E-state index contributed by atoms with van der Waals surface area (Å²) < 4.78 is 1.95. The van der Waals surface area contributed by atoms with E-state index in [1.54, 1.807) is 0 Å². The zero-order valence-corrected chi connectivity index (χ0v) is 7.56. The molecule has 0 N–H and O–H groups in total. The summed E-state index contributed by atoms with van der Waals surface area (Å²) in [7, 11) is 0. The highest BCUT2D eigenvalue weighted by Gasteiger charge is 2.24. The van der Waals surface area contributed by atoms with Crippen molar-refractivity contribution < 1.29 is 0 Å². The molecule has 1 aromatic heterocycles. The van der Waals surface area contributed by atoms with E-state index in [1.165, 1.54) is 12.8 Å². The molecule has 0 atom stereocenters. The van der Waals surface area contributed by atoms with Crippen LogP contribution in [0.3, 0.4) is 0 Å². The number of rotatable bonds is 3. The van der Waals surface area contributed by atoms with Crippen molar-refractivity contribution in [1.29, 1.82) is 0 Å². The zero-order chi connectivity index (χ0) is 8.55. The Morgan fingerprint density at radius 1 is 1.50 bits per heavy atom. The predicted molar refractivity (Wildman–Crippen MR) is 44.6 cm³/mol. The average molecular weight is 166 g/mol. The van der Waals surface area contributed by atoms with E-state index < -0.39 is 0 Å². The molecule has 12 heavy (non-hydrogen) atoms. The molecule has 4 nitrogen and oxygen atoms in total. The van der Waals surface area contributed by atoms with Crippen LogP contribution in [-0.2, 0) is 6.54 Å². The Bertz CT molecular complexity index is 262. The summed E-state index contributed by atoms with van der Waals surface area (Å²) in [6, 6.07) is 0. The Morgan fingerprint density at radius 3 is 2.83 bits per heavy atom. The molecule has 0 aliphatic heterocycles. The molecule has 1 heterocycles. The molecule has 1 saturated carbocycles. The predicted octanol–water partition coefficient (Wildman–Crippen LogP) is 1.21. The molecule has 0 amide bonds. The van der Waals surface area contributed by atoms with Gasteiger partial charge in [-0.25, -0.2) is 4.68 Å². The highest BCUT2D eigenvalue weighted by molar-refractivity contribution is 4.89. The molecule has 1 aromatic rings. The van der Waals surface area contributed by atoms with Crippen LogP contribution >= 0.6 is 0 Å². The van der Waals surface area contributed by atoms with E-state index in [0.29, 0.717) is 5.92 Å². The van der Waals surface area contributed by atoms with Crippen molar-refractivity contribution in [3.63, 3.8) is 0 Å². The first-order valence-electron chi connectivity index (χ1n) is 4.53. The van der Waals surface area contributed by atoms with Crippen LogP contribution in [0.5, 0.6) is 0 Å². The third kappa shape index (κ3) is 1.47. The Balaban J connectivity index is 2.11. The van der Waals surface area contributed by atoms with Gasteiger partial charge in [0.2, 0.25) is 0 Å². The third-order valence-corrected chi connectivity index (χ3v) is 2.20. The lowest BCUT2D eigenvalue weighted by Gasteiger charge is -2.04. The molecule has 1 fully saturated rings. The lowest BCUT2D eigenvalue weighted by Crippen LogP contribution is -2.08. The minimum absolute atomic E-state index is 0.429. The quantitative estimate of drug-likeness (QED) is 0.677. The maximum Gasteiger partial charge on any atom is 0.153 e.